The summed E-state index contributed by atoms with van der Waals surface area (Å²) < 4.78 is 25.3. The molecule has 32 heavy (non-hydrogen) atoms. The highest BCUT2D eigenvalue weighted by Crippen LogP contribution is 2.30. The number of sulfonamides is 1. The Morgan fingerprint density at radius 3 is 2.50 bits per heavy atom. The average molecular weight is 457 g/mol. The first kappa shape index (κ1) is 22.0. The van der Waals surface area contributed by atoms with E-state index >= 15 is 0 Å². The number of para-hydroxylation sites is 2. The quantitative estimate of drug-likeness (QED) is 0.730. The number of fused-ring (bicyclic) bond motifs is 1. The summed E-state index contributed by atoms with van der Waals surface area (Å²) in [4.78, 5) is 39.2. The summed E-state index contributed by atoms with van der Waals surface area (Å²) in [7, 11) is -3.48. The third-order valence-electron chi connectivity index (χ3n) is 5.60. The second kappa shape index (κ2) is 8.71. The van der Waals surface area contributed by atoms with Crippen LogP contribution in [-0.2, 0) is 19.6 Å². The number of anilines is 3. The number of rotatable bonds is 4. The van der Waals surface area contributed by atoms with Gasteiger partial charge in [-0.1, -0.05) is 18.6 Å². The van der Waals surface area contributed by atoms with E-state index in [0.29, 0.717) is 35.6 Å². The molecule has 2 aromatic rings. The van der Waals surface area contributed by atoms with Gasteiger partial charge in [-0.25, -0.2) is 8.42 Å². The summed E-state index contributed by atoms with van der Waals surface area (Å²) in [5.41, 5.74) is 2.02. The molecule has 3 amide bonds. The third-order valence-corrected chi connectivity index (χ3v) is 6.89. The maximum atomic E-state index is 13.0. The summed E-state index contributed by atoms with van der Waals surface area (Å²) in [6, 6.07) is 12.6. The Balaban J connectivity index is 1.48. The van der Waals surface area contributed by atoms with Crippen LogP contribution in [0.3, 0.4) is 0 Å². The van der Waals surface area contributed by atoms with Gasteiger partial charge in [-0.05, 0) is 49.2 Å². The Bertz CT molecular complexity index is 1160. The van der Waals surface area contributed by atoms with E-state index in [1.165, 1.54) is 9.21 Å². The molecule has 168 valence electrons. The van der Waals surface area contributed by atoms with Gasteiger partial charge in [-0.2, -0.15) is 4.31 Å². The van der Waals surface area contributed by atoms with Crippen LogP contribution in [0.2, 0.25) is 0 Å². The number of hydrogen-bond acceptors (Lipinski definition) is 5. The SMILES string of the molecule is CS(=O)(=O)N1CCCCC1C(=O)Nc1ccc(C(=O)N2CC(=O)Nc3ccccc32)cc1. The highest BCUT2D eigenvalue weighted by atomic mass is 32.2. The minimum absolute atomic E-state index is 0.0860. The first-order valence-electron chi connectivity index (χ1n) is 10.3. The van der Waals surface area contributed by atoms with Crippen LogP contribution in [0, 0.1) is 0 Å². The minimum Gasteiger partial charge on any atom is -0.325 e. The summed E-state index contributed by atoms with van der Waals surface area (Å²) in [6.07, 6.45) is 3.08. The Morgan fingerprint density at radius 2 is 1.78 bits per heavy atom. The van der Waals surface area contributed by atoms with Gasteiger partial charge in [0.2, 0.25) is 21.8 Å². The van der Waals surface area contributed by atoms with E-state index in [-0.39, 0.29) is 18.4 Å². The molecule has 2 aliphatic heterocycles. The number of nitrogens with one attached hydrogen (secondary N) is 2. The van der Waals surface area contributed by atoms with E-state index in [1.807, 2.05) is 0 Å². The van der Waals surface area contributed by atoms with E-state index in [1.54, 1.807) is 48.5 Å². The molecule has 10 heteroatoms. The lowest BCUT2D eigenvalue weighted by Gasteiger charge is -2.32. The van der Waals surface area contributed by atoms with Gasteiger partial charge in [0.05, 0.1) is 17.6 Å². The molecule has 9 nitrogen and oxygen atoms in total. The molecule has 0 aliphatic carbocycles. The van der Waals surface area contributed by atoms with Crippen molar-refractivity contribution >= 4 is 44.8 Å². The monoisotopic (exact) mass is 456 g/mol. The zero-order valence-corrected chi connectivity index (χ0v) is 18.4. The molecule has 1 atom stereocenters. The number of carbonyl (C=O) groups excluding carboxylic acids is 3. The maximum Gasteiger partial charge on any atom is 0.258 e. The molecule has 2 N–H and O–H groups in total. The molecule has 2 heterocycles. The molecule has 0 radical (unpaired) electrons. The van der Waals surface area contributed by atoms with Gasteiger partial charge >= 0.3 is 0 Å². The van der Waals surface area contributed by atoms with Crippen LogP contribution < -0.4 is 15.5 Å². The average Bonchev–Trinajstić information content (AvgIpc) is 2.78. The molecule has 1 fully saturated rings. The molecule has 0 aromatic heterocycles. The number of nitrogens with zero attached hydrogens (tertiary/aromatic N) is 2. The van der Waals surface area contributed by atoms with Crippen LogP contribution in [0.4, 0.5) is 17.1 Å². The van der Waals surface area contributed by atoms with Crippen LogP contribution in [0.25, 0.3) is 0 Å². The second-order valence-corrected chi connectivity index (χ2v) is 9.84. The molecule has 4 rings (SSSR count). The van der Waals surface area contributed by atoms with E-state index < -0.39 is 22.0 Å². The van der Waals surface area contributed by atoms with Crippen molar-refractivity contribution < 1.29 is 22.8 Å². The van der Waals surface area contributed by atoms with E-state index in [2.05, 4.69) is 10.6 Å². The van der Waals surface area contributed by atoms with Gasteiger partial charge in [0.15, 0.2) is 0 Å². The number of piperidine rings is 1. The van der Waals surface area contributed by atoms with Crippen LogP contribution in [-0.4, -0.2) is 55.8 Å². The topological polar surface area (TPSA) is 116 Å². The van der Waals surface area contributed by atoms with Gasteiger partial charge in [0.1, 0.15) is 12.6 Å². The largest absolute Gasteiger partial charge is 0.325 e. The van der Waals surface area contributed by atoms with Crippen molar-refractivity contribution in [2.24, 2.45) is 0 Å². The van der Waals surface area contributed by atoms with Crippen LogP contribution in [0.1, 0.15) is 29.6 Å². The van der Waals surface area contributed by atoms with Crippen molar-refractivity contribution in [1.29, 1.82) is 0 Å². The van der Waals surface area contributed by atoms with Crippen LogP contribution >= 0.6 is 0 Å². The molecule has 2 aromatic carbocycles. The Hall–Kier alpha value is -3.24. The van der Waals surface area contributed by atoms with Gasteiger partial charge < -0.3 is 10.6 Å². The predicted molar refractivity (Wildman–Crippen MR) is 121 cm³/mol. The summed E-state index contributed by atoms with van der Waals surface area (Å²) in [6.45, 7) is 0.243. The Morgan fingerprint density at radius 1 is 1.06 bits per heavy atom. The highest BCUT2D eigenvalue weighted by Gasteiger charge is 2.34. The standard InChI is InChI=1S/C22H24N4O5S/c1-32(30,31)26-13-5-4-8-19(26)21(28)23-16-11-9-15(10-12-16)22(29)25-14-20(27)24-17-6-2-3-7-18(17)25/h2-3,6-7,9-12,19H,4-5,8,13-14H2,1H3,(H,23,28)(H,24,27). The van der Waals surface area contributed by atoms with E-state index in [0.717, 1.165) is 19.1 Å². The maximum absolute atomic E-state index is 13.0. The second-order valence-electron chi connectivity index (χ2n) is 7.91. The van der Waals surface area contributed by atoms with E-state index in [4.69, 9.17) is 0 Å². The van der Waals surface area contributed by atoms with Crippen molar-refractivity contribution in [2.75, 3.05) is 34.9 Å². The van der Waals surface area contributed by atoms with Crippen molar-refractivity contribution in [1.82, 2.24) is 4.31 Å². The fraction of sp³-hybridized carbons (Fsp3) is 0.318. The normalized spacial score (nSPS) is 19.1. The number of benzene rings is 2. The molecule has 1 unspecified atom stereocenters. The smallest absolute Gasteiger partial charge is 0.258 e. The van der Waals surface area contributed by atoms with Crippen molar-refractivity contribution in [3.05, 3.63) is 54.1 Å². The first-order chi connectivity index (χ1) is 15.2. The van der Waals surface area contributed by atoms with Crippen LogP contribution in [0.5, 0.6) is 0 Å². The van der Waals surface area contributed by atoms with Gasteiger partial charge in [0, 0.05) is 17.8 Å². The zero-order valence-electron chi connectivity index (χ0n) is 17.6. The summed E-state index contributed by atoms with van der Waals surface area (Å²) in [5, 5.41) is 5.49. The molecule has 0 saturated carbocycles. The number of amides is 3. The highest BCUT2D eigenvalue weighted by molar-refractivity contribution is 7.88. The van der Waals surface area contributed by atoms with E-state index in [9.17, 15) is 22.8 Å². The lowest BCUT2D eigenvalue weighted by molar-refractivity contribution is -0.120. The first-order valence-corrected chi connectivity index (χ1v) is 12.2. The Kier molecular flexibility index (Phi) is 5.98. The molecule has 1 saturated heterocycles. The predicted octanol–water partition coefficient (Wildman–Crippen LogP) is 2.04. The van der Waals surface area contributed by atoms with Crippen molar-refractivity contribution in [2.45, 2.75) is 25.3 Å². The summed E-state index contributed by atoms with van der Waals surface area (Å²) >= 11 is 0. The lowest BCUT2D eigenvalue weighted by Crippen LogP contribution is -2.49. The summed E-state index contributed by atoms with van der Waals surface area (Å²) in [5.74, 6) is -1.000. The van der Waals surface area contributed by atoms with Gasteiger partial charge in [-0.15, -0.1) is 0 Å². The molecule has 0 bridgehead atoms. The van der Waals surface area contributed by atoms with Crippen molar-refractivity contribution in [3.8, 4) is 0 Å². The molecular formula is C22H24N4O5S. The molecule has 0 spiro atoms. The zero-order chi connectivity index (χ0) is 22.9. The van der Waals surface area contributed by atoms with Crippen molar-refractivity contribution in [3.63, 3.8) is 0 Å². The number of hydrogen-bond donors (Lipinski definition) is 2. The Labute approximate surface area is 186 Å². The van der Waals surface area contributed by atoms with Crippen LogP contribution in [0.15, 0.2) is 48.5 Å². The van der Waals surface area contributed by atoms with Gasteiger partial charge in [-0.3, -0.25) is 19.3 Å². The number of carbonyl (C=O) groups is 3. The van der Waals surface area contributed by atoms with Gasteiger partial charge in [0.25, 0.3) is 5.91 Å². The third kappa shape index (κ3) is 4.51. The lowest BCUT2D eigenvalue weighted by atomic mass is 10.0. The minimum atomic E-state index is -3.48. The molecular weight excluding hydrogens is 432 g/mol. The molecule has 2 aliphatic rings. The fourth-order valence-electron chi connectivity index (χ4n) is 4.06. The fourth-order valence-corrected chi connectivity index (χ4v) is 5.18.